The van der Waals surface area contributed by atoms with Crippen LogP contribution in [0.2, 0.25) is 0 Å². The minimum atomic E-state index is -4.64. The van der Waals surface area contributed by atoms with Crippen LogP contribution in [0.3, 0.4) is 0 Å². The summed E-state index contributed by atoms with van der Waals surface area (Å²) in [5.41, 5.74) is 17.0. The largest absolute Gasteiger partial charge is 0.466 e. The van der Waals surface area contributed by atoms with Crippen LogP contribution >= 0.6 is 7.82 Å². The zero-order valence-electron chi connectivity index (χ0n) is 6.32. The van der Waals surface area contributed by atoms with Gasteiger partial charge in [0.2, 0.25) is 0 Å². The van der Waals surface area contributed by atoms with Gasteiger partial charge >= 0.3 is 19.9 Å². The van der Waals surface area contributed by atoms with Gasteiger partial charge in [0.25, 0.3) is 0 Å². The number of hydrogen-bond acceptors (Lipinski definition) is 3. The van der Waals surface area contributed by atoms with E-state index in [9.17, 15) is 0 Å². The second-order valence-electron chi connectivity index (χ2n) is 1.32. The highest BCUT2D eigenvalue weighted by Gasteiger charge is 2.00. The van der Waals surface area contributed by atoms with Crippen LogP contribution in [-0.4, -0.2) is 26.7 Å². The highest BCUT2D eigenvalue weighted by molar-refractivity contribution is 7.45. The first-order valence-corrected chi connectivity index (χ1v) is 3.91. The molecule has 0 rings (SSSR count). The SMILES string of the molecule is NC(N)=O.NC(N)=O.O=P(O)(O)O. The fraction of sp³-hybridized carbons (Fsp3) is 0. The molecule has 0 unspecified atom stereocenters. The Balaban J connectivity index is -0.000000117. The number of nitrogens with two attached hydrogens (primary N) is 4. The van der Waals surface area contributed by atoms with Crippen LogP contribution in [0.4, 0.5) is 9.59 Å². The maximum atomic E-state index is 9.00. The average Bonchev–Trinajstić information content (AvgIpc) is 1.50. The fourth-order valence-electron chi connectivity index (χ4n) is 0. The molecule has 0 aromatic heterocycles. The molecule has 0 aliphatic carbocycles. The van der Waals surface area contributed by atoms with Crippen LogP contribution < -0.4 is 22.9 Å². The molecule has 80 valence electrons. The Kier molecular flexibility index (Phi) is 11.9. The third-order valence-corrected chi connectivity index (χ3v) is 0. The van der Waals surface area contributed by atoms with Gasteiger partial charge in [0.05, 0.1) is 0 Å². The first-order chi connectivity index (χ1) is 5.46. The molecular weight excluding hydrogens is 207 g/mol. The molecule has 0 bridgehead atoms. The van der Waals surface area contributed by atoms with E-state index in [2.05, 4.69) is 22.9 Å². The molecule has 10 nitrogen and oxygen atoms in total. The van der Waals surface area contributed by atoms with Crippen molar-refractivity contribution in [3.8, 4) is 0 Å². The maximum absolute atomic E-state index is 9.00. The van der Waals surface area contributed by atoms with Crippen molar-refractivity contribution in [3.63, 3.8) is 0 Å². The molecular formula is C2H11N4O6P. The zero-order valence-corrected chi connectivity index (χ0v) is 7.22. The Morgan fingerprint density at radius 2 is 0.846 bits per heavy atom. The first kappa shape index (κ1) is 17.7. The number of amides is 4. The normalized spacial score (nSPS) is 8.23. The van der Waals surface area contributed by atoms with Crippen LogP contribution in [0, 0.1) is 0 Å². The molecule has 0 atom stereocenters. The summed E-state index contributed by atoms with van der Waals surface area (Å²) in [7, 11) is -4.64. The minimum absolute atomic E-state index is 0.833. The van der Waals surface area contributed by atoms with Crippen LogP contribution in [0.5, 0.6) is 0 Å². The summed E-state index contributed by atoms with van der Waals surface area (Å²) in [6.07, 6.45) is 0. The van der Waals surface area contributed by atoms with Gasteiger partial charge in [-0.3, -0.25) is 0 Å². The third kappa shape index (κ3) is 437. The lowest BCUT2D eigenvalue weighted by Crippen LogP contribution is -2.18. The van der Waals surface area contributed by atoms with Gasteiger partial charge in [-0.25, -0.2) is 14.2 Å². The van der Waals surface area contributed by atoms with Crippen molar-refractivity contribution < 1.29 is 28.8 Å². The molecule has 0 aromatic carbocycles. The number of phosphoric acid groups is 1. The second kappa shape index (κ2) is 8.74. The summed E-state index contributed by atoms with van der Waals surface area (Å²) in [4.78, 5) is 39.6. The summed E-state index contributed by atoms with van der Waals surface area (Å²) >= 11 is 0. The predicted molar refractivity (Wildman–Crippen MR) is 41.8 cm³/mol. The Hall–Kier alpha value is -1.35. The van der Waals surface area contributed by atoms with Gasteiger partial charge in [0, 0.05) is 0 Å². The lowest BCUT2D eigenvalue weighted by atomic mass is 11.2. The summed E-state index contributed by atoms with van der Waals surface area (Å²) in [5, 5.41) is 0. The number of rotatable bonds is 0. The highest BCUT2D eigenvalue weighted by Crippen LogP contribution is 2.25. The standard InChI is InChI=1S/2CH4N2O.H3O4P/c2*2-1(3)4;1-5(2,3)4/h2*(H4,2,3,4);(H3,1,2,3,4). The number of carbonyl (C=O) groups is 2. The van der Waals surface area contributed by atoms with Crippen molar-refractivity contribution >= 4 is 19.9 Å². The molecule has 13 heavy (non-hydrogen) atoms. The molecule has 0 saturated heterocycles. The van der Waals surface area contributed by atoms with E-state index in [4.69, 9.17) is 28.8 Å². The van der Waals surface area contributed by atoms with Gasteiger partial charge < -0.3 is 37.6 Å². The third-order valence-electron chi connectivity index (χ3n) is 0. The van der Waals surface area contributed by atoms with E-state index >= 15 is 0 Å². The lowest BCUT2D eigenvalue weighted by molar-refractivity contribution is 0.255. The summed E-state index contributed by atoms with van der Waals surface area (Å²) in [5.74, 6) is 0. The molecule has 11 N–H and O–H groups in total. The van der Waals surface area contributed by atoms with Gasteiger partial charge in [-0.15, -0.1) is 0 Å². The number of urea groups is 2. The van der Waals surface area contributed by atoms with Crippen molar-refractivity contribution in [3.05, 3.63) is 0 Å². The van der Waals surface area contributed by atoms with Crippen molar-refractivity contribution in [2.24, 2.45) is 22.9 Å². The molecule has 0 aliphatic heterocycles. The minimum Gasteiger partial charge on any atom is -0.352 e. The summed E-state index contributed by atoms with van der Waals surface area (Å²) in [6, 6.07) is -1.67. The molecule has 0 aliphatic rings. The smallest absolute Gasteiger partial charge is 0.352 e. The molecule has 4 amide bonds. The van der Waals surface area contributed by atoms with Gasteiger partial charge in [-0.05, 0) is 0 Å². The molecule has 0 heterocycles. The predicted octanol–water partition coefficient (Wildman–Crippen LogP) is -2.88. The molecule has 0 spiro atoms. The van der Waals surface area contributed by atoms with Crippen LogP contribution in [0.1, 0.15) is 0 Å². The van der Waals surface area contributed by atoms with E-state index in [1.54, 1.807) is 0 Å². The summed E-state index contributed by atoms with van der Waals surface area (Å²) in [6.45, 7) is 0. The van der Waals surface area contributed by atoms with Gasteiger partial charge in [-0.2, -0.15) is 0 Å². The lowest BCUT2D eigenvalue weighted by Gasteiger charge is -1.82. The Bertz CT molecular complexity index is 171. The van der Waals surface area contributed by atoms with E-state index in [0.717, 1.165) is 0 Å². The van der Waals surface area contributed by atoms with Crippen molar-refractivity contribution in [2.45, 2.75) is 0 Å². The average molecular weight is 218 g/mol. The molecule has 0 aromatic rings. The zero-order chi connectivity index (χ0) is 11.7. The highest BCUT2D eigenvalue weighted by atomic mass is 31.2. The van der Waals surface area contributed by atoms with Crippen LogP contribution in [0.15, 0.2) is 0 Å². The molecule has 0 fully saturated rings. The van der Waals surface area contributed by atoms with E-state index in [-0.39, 0.29) is 0 Å². The Morgan fingerprint density at radius 3 is 0.846 bits per heavy atom. The van der Waals surface area contributed by atoms with E-state index in [0.29, 0.717) is 0 Å². The maximum Gasteiger partial charge on any atom is 0.466 e. The number of carbonyl (C=O) groups excluding carboxylic acids is 2. The van der Waals surface area contributed by atoms with Crippen LogP contribution in [-0.2, 0) is 4.57 Å². The van der Waals surface area contributed by atoms with Gasteiger partial charge in [0.15, 0.2) is 0 Å². The molecule has 0 saturated carbocycles. The molecule has 11 heteroatoms. The van der Waals surface area contributed by atoms with Gasteiger partial charge in [0.1, 0.15) is 0 Å². The van der Waals surface area contributed by atoms with Crippen molar-refractivity contribution in [1.29, 1.82) is 0 Å². The van der Waals surface area contributed by atoms with E-state index < -0.39 is 19.9 Å². The number of hydrogen-bond donors (Lipinski definition) is 7. The van der Waals surface area contributed by atoms with E-state index in [1.807, 2.05) is 0 Å². The van der Waals surface area contributed by atoms with Crippen molar-refractivity contribution in [1.82, 2.24) is 0 Å². The second-order valence-corrected chi connectivity index (χ2v) is 2.34. The number of primary amides is 4. The summed E-state index contributed by atoms with van der Waals surface area (Å²) < 4.78 is 8.88. The quantitative estimate of drug-likeness (QED) is 0.211. The Morgan fingerprint density at radius 1 is 0.846 bits per heavy atom. The van der Waals surface area contributed by atoms with E-state index in [1.165, 1.54) is 0 Å². The Labute approximate surface area is 72.7 Å². The topological polar surface area (TPSA) is 216 Å². The van der Waals surface area contributed by atoms with Crippen molar-refractivity contribution in [2.75, 3.05) is 0 Å². The monoisotopic (exact) mass is 218 g/mol. The molecule has 0 radical (unpaired) electrons. The van der Waals surface area contributed by atoms with Crippen LogP contribution in [0.25, 0.3) is 0 Å². The van der Waals surface area contributed by atoms with Gasteiger partial charge in [-0.1, -0.05) is 0 Å². The first-order valence-electron chi connectivity index (χ1n) is 2.35. The fourth-order valence-corrected chi connectivity index (χ4v) is 0.